The predicted octanol–water partition coefficient (Wildman–Crippen LogP) is 3.41. The monoisotopic (exact) mass is 402 g/mol. The van der Waals surface area contributed by atoms with Crippen LogP contribution in [0.1, 0.15) is 34.2 Å². The lowest BCUT2D eigenvalue weighted by atomic mass is 9.54. The van der Waals surface area contributed by atoms with Crippen molar-refractivity contribution in [2.24, 2.45) is 5.92 Å². The number of aryl methyl sites for hydroxylation is 1. The maximum Gasteiger partial charge on any atom is 0.318 e. The summed E-state index contributed by atoms with van der Waals surface area (Å²) in [7, 11) is 1.56. The molecule has 0 fully saturated rings. The van der Waals surface area contributed by atoms with Crippen molar-refractivity contribution in [3.63, 3.8) is 0 Å². The van der Waals surface area contributed by atoms with E-state index in [-0.39, 0.29) is 6.42 Å². The van der Waals surface area contributed by atoms with Crippen LogP contribution in [0, 0.1) is 12.8 Å². The molecule has 3 aliphatic carbocycles. The summed E-state index contributed by atoms with van der Waals surface area (Å²) >= 11 is 0. The van der Waals surface area contributed by atoms with E-state index < -0.39 is 23.1 Å². The number of hydrogen-bond acceptors (Lipinski definition) is 5. The molecule has 0 saturated heterocycles. The summed E-state index contributed by atoms with van der Waals surface area (Å²) in [6.45, 7) is 1.94. The van der Waals surface area contributed by atoms with Gasteiger partial charge in [0.05, 0.1) is 13.0 Å². The zero-order chi connectivity index (χ0) is 21.1. The lowest BCUT2D eigenvalue weighted by molar-refractivity contribution is -0.157. The molecule has 5 heteroatoms. The van der Waals surface area contributed by atoms with E-state index in [1.54, 1.807) is 49.6 Å². The summed E-state index contributed by atoms with van der Waals surface area (Å²) in [5.41, 5.74) is 0.424. The average molecular weight is 402 g/mol. The van der Waals surface area contributed by atoms with Crippen molar-refractivity contribution >= 4 is 5.97 Å². The highest BCUT2D eigenvalue weighted by molar-refractivity contribution is 5.81. The van der Waals surface area contributed by atoms with Crippen molar-refractivity contribution in [3.8, 4) is 11.5 Å². The number of carbonyl (C=O) groups excluding carboxylic acids is 1. The highest BCUT2D eigenvalue weighted by Gasteiger charge is 2.62. The van der Waals surface area contributed by atoms with E-state index in [0.29, 0.717) is 33.8 Å². The maximum absolute atomic E-state index is 13.2. The van der Waals surface area contributed by atoms with Gasteiger partial charge in [0.2, 0.25) is 0 Å². The predicted molar refractivity (Wildman–Crippen MR) is 110 cm³/mol. The number of methoxy groups -OCH3 is 1. The highest BCUT2D eigenvalue weighted by Crippen LogP contribution is 2.59. The van der Waals surface area contributed by atoms with Crippen LogP contribution in [0.2, 0.25) is 0 Å². The molecule has 30 heavy (non-hydrogen) atoms. The molecule has 2 N–H and O–H groups in total. The first-order valence-corrected chi connectivity index (χ1v) is 9.90. The van der Waals surface area contributed by atoms with Crippen LogP contribution < -0.4 is 9.47 Å². The summed E-state index contributed by atoms with van der Waals surface area (Å²) in [6.07, 6.45) is 0.0476. The average Bonchev–Trinajstić information content (AvgIpc) is 2.76. The molecule has 0 saturated carbocycles. The molecule has 3 aliphatic rings. The van der Waals surface area contributed by atoms with Crippen LogP contribution in [-0.4, -0.2) is 23.3 Å². The minimum absolute atomic E-state index is 0.0476. The maximum atomic E-state index is 13.2. The Labute approximate surface area is 174 Å². The number of fused-ring (bicyclic) bond motifs is 1. The van der Waals surface area contributed by atoms with E-state index in [0.717, 1.165) is 5.56 Å². The molecule has 2 bridgehead atoms. The van der Waals surface area contributed by atoms with E-state index in [1.807, 2.05) is 31.2 Å². The van der Waals surface area contributed by atoms with E-state index in [4.69, 9.17) is 9.47 Å². The molecule has 0 radical (unpaired) electrons. The highest BCUT2D eigenvalue weighted by atomic mass is 16.5. The smallest absolute Gasteiger partial charge is 0.318 e. The molecular formula is C25H22O5. The number of rotatable bonds is 3. The molecule has 0 heterocycles. The third kappa shape index (κ3) is 2.46. The fourth-order valence-electron chi connectivity index (χ4n) is 4.92. The van der Waals surface area contributed by atoms with Crippen LogP contribution >= 0.6 is 0 Å². The Morgan fingerprint density at radius 1 is 0.900 bits per heavy atom. The molecule has 3 aromatic rings. The second-order valence-corrected chi connectivity index (χ2v) is 8.07. The van der Waals surface area contributed by atoms with Gasteiger partial charge in [-0.2, -0.15) is 0 Å². The quantitative estimate of drug-likeness (QED) is 0.519. The molecule has 0 aromatic heterocycles. The van der Waals surface area contributed by atoms with Gasteiger partial charge in [-0.25, -0.2) is 0 Å². The van der Waals surface area contributed by atoms with Gasteiger partial charge in [-0.1, -0.05) is 48.0 Å². The Kier molecular flexibility index (Phi) is 4.04. The van der Waals surface area contributed by atoms with Gasteiger partial charge < -0.3 is 19.7 Å². The number of aliphatic hydroxyl groups is 2. The SMILES string of the molecule is COc1ccc(OC(=O)C2CC3(O)c4ccccc4C2(O)c2ccc(C)cc23)cc1. The molecule has 0 amide bonds. The summed E-state index contributed by atoms with van der Waals surface area (Å²) in [6, 6.07) is 19.5. The number of benzene rings is 3. The van der Waals surface area contributed by atoms with Crippen molar-refractivity contribution in [1.82, 2.24) is 0 Å². The third-order valence-electron chi connectivity index (χ3n) is 6.38. The van der Waals surface area contributed by atoms with E-state index in [2.05, 4.69) is 0 Å². The van der Waals surface area contributed by atoms with Gasteiger partial charge in [-0.05, 0) is 53.4 Å². The van der Waals surface area contributed by atoms with Gasteiger partial charge in [0, 0.05) is 6.42 Å². The standard InChI is InChI=1S/C25H22O5/c1-15-7-12-20-21(13-15)24(27)14-22(25(20,28)19-6-4-3-5-18(19)24)23(26)30-17-10-8-16(29-2)9-11-17/h3-13,22,27-28H,14H2,1-2H3. The first-order valence-electron chi connectivity index (χ1n) is 9.90. The number of carbonyl (C=O) groups is 1. The van der Waals surface area contributed by atoms with E-state index in [1.165, 1.54) is 0 Å². The zero-order valence-electron chi connectivity index (χ0n) is 16.8. The van der Waals surface area contributed by atoms with E-state index in [9.17, 15) is 15.0 Å². The third-order valence-corrected chi connectivity index (χ3v) is 6.38. The Morgan fingerprint density at radius 3 is 2.23 bits per heavy atom. The summed E-state index contributed by atoms with van der Waals surface area (Å²) in [5.74, 6) is -0.524. The molecule has 6 rings (SSSR count). The van der Waals surface area contributed by atoms with Crippen LogP contribution in [0.4, 0.5) is 0 Å². The molecule has 3 atom stereocenters. The van der Waals surface area contributed by atoms with Crippen LogP contribution in [0.5, 0.6) is 11.5 Å². The van der Waals surface area contributed by atoms with Gasteiger partial charge in [-0.15, -0.1) is 0 Å². The minimum atomic E-state index is -1.58. The van der Waals surface area contributed by atoms with Crippen LogP contribution in [0.3, 0.4) is 0 Å². The van der Waals surface area contributed by atoms with Crippen molar-refractivity contribution in [3.05, 3.63) is 94.5 Å². The van der Waals surface area contributed by atoms with Gasteiger partial charge in [-0.3, -0.25) is 4.79 Å². The van der Waals surface area contributed by atoms with Gasteiger partial charge >= 0.3 is 5.97 Å². The summed E-state index contributed by atoms with van der Waals surface area (Å²) < 4.78 is 10.7. The van der Waals surface area contributed by atoms with Crippen LogP contribution in [0.25, 0.3) is 0 Å². The second kappa shape index (κ2) is 6.42. The van der Waals surface area contributed by atoms with Crippen molar-refractivity contribution in [2.75, 3.05) is 7.11 Å². The normalized spacial score (nSPS) is 25.9. The summed E-state index contributed by atoms with van der Waals surface area (Å²) in [4.78, 5) is 13.2. The first-order chi connectivity index (χ1) is 14.4. The molecule has 5 nitrogen and oxygen atoms in total. The lowest BCUT2D eigenvalue weighted by Gasteiger charge is -2.53. The van der Waals surface area contributed by atoms with Gasteiger partial charge in [0.15, 0.2) is 0 Å². The molecule has 0 aliphatic heterocycles. The topological polar surface area (TPSA) is 76.0 Å². The second-order valence-electron chi connectivity index (χ2n) is 8.07. The van der Waals surface area contributed by atoms with Crippen LogP contribution in [-0.2, 0) is 16.0 Å². The Hall–Kier alpha value is -3.15. The fraction of sp³-hybridized carbons (Fsp3) is 0.240. The largest absolute Gasteiger partial charge is 0.497 e. The molecular weight excluding hydrogens is 380 g/mol. The van der Waals surface area contributed by atoms with Crippen molar-refractivity contribution in [2.45, 2.75) is 24.5 Å². The molecule has 152 valence electrons. The Morgan fingerprint density at radius 2 is 1.53 bits per heavy atom. The van der Waals surface area contributed by atoms with Gasteiger partial charge in [0.1, 0.15) is 22.7 Å². The lowest BCUT2D eigenvalue weighted by Crippen LogP contribution is -2.57. The minimum Gasteiger partial charge on any atom is -0.497 e. The molecule has 3 unspecified atom stereocenters. The number of esters is 1. The molecule has 3 aromatic carbocycles. The Balaban J connectivity index is 1.61. The van der Waals surface area contributed by atoms with Gasteiger partial charge in [0.25, 0.3) is 0 Å². The van der Waals surface area contributed by atoms with Crippen molar-refractivity contribution < 1.29 is 24.5 Å². The number of hydrogen-bond donors (Lipinski definition) is 2. The van der Waals surface area contributed by atoms with Crippen LogP contribution in [0.15, 0.2) is 66.7 Å². The summed E-state index contributed by atoms with van der Waals surface area (Å²) in [5, 5.41) is 23.8. The first kappa shape index (κ1) is 18.9. The Bertz CT molecular complexity index is 1150. The molecule has 0 spiro atoms. The van der Waals surface area contributed by atoms with E-state index >= 15 is 0 Å². The number of ether oxygens (including phenoxy) is 2. The zero-order valence-corrected chi connectivity index (χ0v) is 16.8. The van der Waals surface area contributed by atoms with Crippen molar-refractivity contribution in [1.29, 1.82) is 0 Å². The fourth-order valence-corrected chi connectivity index (χ4v) is 4.92.